The van der Waals surface area contributed by atoms with E-state index in [2.05, 4.69) is 30.6 Å². The minimum Gasteiger partial charge on any atom is -0.323 e. The summed E-state index contributed by atoms with van der Waals surface area (Å²) in [6, 6.07) is 17.7. The van der Waals surface area contributed by atoms with Crippen LogP contribution in [0.3, 0.4) is 0 Å². The lowest BCUT2D eigenvalue weighted by molar-refractivity contribution is 0.937. The van der Waals surface area contributed by atoms with Crippen molar-refractivity contribution in [2.24, 2.45) is 0 Å². The maximum Gasteiger partial charge on any atom is 0.247 e. The maximum absolute atomic E-state index is 4.56. The Kier molecular flexibility index (Phi) is 2.96. The van der Waals surface area contributed by atoms with Gasteiger partial charge in [0, 0.05) is 28.9 Å². The van der Waals surface area contributed by atoms with Crippen molar-refractivity contribution in [2.45, 2.75) is 0 Å². The fourth-order valence-corrected chi connectivity index (χ4v) is 2.80. The van der Waals surface area contributed by atoms with Gasteiger partial charge in [-0.25, -0.2) is 4.98 Å². The first-order valence-electron chi connectivity index (χ1n) is 7.84. The van der Waals surface area contributed by atoms with Gasteiger partial charge in [0.25, 0.3) is 0 Å². The second-order valence-corrected chi connectivity index (χ2v) is 5.64. The number of hydrogen-bond acceptors (Lipinski definition) is 5. The molecule has 2 aromatic carbocycles. The summed E-state index contributed by atoms with van der Waals surface area (Å²) in [4.78, 5) is 9.02. The van der Waals surface area contributed by atoms with E-state index >= 15 is 0 Å². The van der Waals surface area contributed by atoms with Crippen LogP contribution in [0.25, 0.3) is 27.9 Å². The van der Waals surface area contributed by atoms with Crippen molar-refractivity contribution in [1.82, 2.24) is 29.8 Å². The summed E-state index contributed by atoms with van der Waals surface area (Å²) in [5.74, 6) is 1.26. The Morgan fingerprint density at radius 3 is 2.84 bits per heavy atom. The van der Waals surface area contributed by atoms with Crippen molar-refractivity contribution in [3.63, 3.8) is 0 Å². The van der Waals surface area contributed by atoms with E-state index in [9.17, 15) is 0 Å². The number of fused-ring (bicyclic) bond motifs is 2. The molecule has 0 radical (unpaired) electrons. The summed E-state index contributed by atoms with van der Waals surface area (Å²) in [5, 5.41) is 15.8. The van der Waals surface area contributed by atoms with Crippen LogP contribution in [0.1, 0.15) is 0 Å². The summed E-state index contributed by atoms with van der Waals surface area (Å²) in [6.07, 6.45) is 3.54. The van der Waals surface area contributed by atoms with Crippen molar-refractivity contribution in [2.75, 3.05) is 5.32 Å². The fraction of sp³-hybridized carbons (Fsp3) is 0. The summed E-state index contributed by atoms with van der Waals surface area (Å²) < 4.78 is 1.74. The van der Waals surface area contributed by atoms with Crippen LogP contribution in [-0.4, -0.2) is 29.8 Å². The highest BCUT2D eigenvalue weighted by Crippen LogP contribution is 2.23. The highest BCUT2D eigenvalue weighted by molar-refractivity contribution is 5.83. The number of rotatable bonds is 3. The molecule has 25 heavy (non-hydrogen) atoms. The van der Waals surface area contributed by atoms with Gasteiger partial charge in [0.15, 0.2) is 11.5 Å². The van der Waals surface area contributed by atoms with E-state index in [1.54, 1.807) is 16.9 Å². The lowest BCUT2D eigenvalue weighted by atomic mass is 10.1. The molecule has 0 aliphatic rings. The smallest absolute Gasteiger partial charge is 0.247 e. The van der Waals surface area contributed by atoms with Gasteiger partial charge in [-0.15, -0.1) is 5.10 Å². The SMILES string of the molecule is c1ccc(Nc2nc3ccnc(-c4ccc5[nH]ncc5c4)n3n2)cc1. The highest BCUT2D eigenvalue weighted by Gasteiger charge is 2.11. The molecule has 0 unspecified atom stereocenters. The van der Waals surface area contributed by atoms with Gasteiger partial charge >= 0.3 is 0 Å². The molecular weight excluding hydrogens is 314 g/mol. The number of nitrogens with zero attached hydrogens (tertiary/aromatic N) is 5. The van der Waals surface area contributed by atoms with Crippen molar-refractivity contribution in [3.8, 4) is 11.4 Å². The third-order valence-corrected chi connectivity index (χ3v) is 3.98. The number of aromatic nitrogens is 6. The van der Waals surface area contributed by atoms with Crippen molar-refractivity contribution >= 4 is 28.2 Å². The Balaban J connectivity index is 1.61. The molecule has 7 heteroatoms. The van der Waals surface area contributed by atoms with Crippen molar-refractivity contribution in [3.05, 3.63) is 67.0 Å². The highest BCUT2D eigenvalue weighted by atomic mass is 15.4. The molecule has 0 spiro atoms. The molecule has 0 saturated carbocycles. The van der Waals surface area contributed by atoms with Gasteiger partial charge < -0.3 is 5.32 Å². The van der Waals surface area contributed by atoms with Crippen LogP contribution < -0.4 is 5.32 Å². The molecule has 3 heterocycles. The monoisotopic (exact) mass is 327 g/mol. The zero-order chi connectivity index (χ0) is 16.6. The molecule has 0 saturated heterocycles. The predicted octanol–water partition coefficient (Wildman–Crippen LogP) is 3.41. The average molecular weight is 327 g/mol. The molecule has 0 atom stereocenters. The predicted molar refractivity (Wildman–Crippen MR) is 95.6 cm³/mol. The van der Waals surface area contributed by atoms with Gasteiger partial charge in [0.2, 0.25) is 5.95 Å². The molecule has 0 aliphatic heterocycles. The quantitative estimate of drug-likeness (QED) is 0.530. The summed E-state index contributed by atoms with van der Waals surface area (Å²) >= 11 is 0. The van der Waals surface area contributed by atoms with E-state index in [0.717, 1.165) is 33.6 Å². The van der Waals surface area contributed by atoms with Crippen LogP contribution in [0.4, 0.5) is 11.6 Å². The Labute approximate surface area is 142 Å². The summed E-state index contributed by atoms with van der Waals surface area (Å²) in [7, 11) is 0. The van der Waals surface area contributed by atoms with Gasteiger partial charge in [-0.05, 0) is 30.3 Å². The minimum absolute atomic E-state index is 0.532. The van der Waals surface area contributed by atoms with E-state index in [0.29, 0.717) is 5.95 Å². The van der Waals surface area contributed by atoms with Crippen LogP contribution in [0.2, 0.25) is 0 Å². The topological polar surface area (TPSA) is 83.8 Å². The second-order valence-electron chi connectivity index (χ2n) is 5.64. The standard InChI is InChI=1S/C18H13N7/c1-2-4-14(5-3-1)21-18-22-16-8-9-19-17(25(16)24-18)12-6-7-15-13(10-12)11-20-23-15/h1-11H,(H,20,23)(H,21,24). The first-order chi connectivity index (χ1) is 12.4. The van der Waals surface area contributed by atoms with Crippen LogP contribution in [0.15, 0.2) is 67.0 Å². The molecular formula is C18H13N7. The van der Waals surface area contributed by atoms with E-state index < -0.39 is 0 Å². The zero-order valence-electron chi connectivity index (χ0n) is 13.1. The molecule has 0 amide bonds. The van der Waals surface area contributed by atoms with Crippen LogP contribution in [0, 0.1) is 0 Å². The number of nitrogens with one attached hydrogen (secondary N) is 2. The molecule has 0 bridgehead atoms. The molecule has 0 aliphatic carbocycles. The average Bonchev–Trinajstić information content (AvgIpc) is 3.27. The summed E-state index contributed by atoms with van der Waals surface area (Å²) in [6.45, 7) is 0. The first kappa shape index (κ1) is 13.7. The lowest BCUT2D eigenvalue weighted by Crippen LogP contribution is -1.98. The second kappa shape index (κ2) is 5.41. The number of H-pyrrole nitrogens is 1. The van der Waals surface area contributed by atoms with Crippen molar-refractivity contribution in [1.29, 1.82) is 0 Å². The Morgan fingerprint density at radius 1 is 1.00 bits per heavy atom. The summed E-state index contributed by atoms with van der Waals surface area (Å²) in [5.41, 5.74) is 3.61. The molecule has 0 fully saturated rings. The molecule has 5 aromatic rings. The third kappa shape index (κ3) is 2.38. The third-order valence-electron chi connectivity index (χ3n) is 3.98. The van der Waals surface area contributed by atoms with E-state index in [1.807, 2.05) is 54.6 Å². The van der Waals surface area contributed by atoms with Crippen LogP contribution >= 0.6 is 0 Å². The molecule has 5 rings (SSSR count). The van der Waals surface area contributed by atoms with E-state index in [1.165, 1.54) is 0 Å². The molecule has 2 N–H and O–H groups in total. The van der Waals surface area contributed by atoms with Crippen LogP contribution in [0.5, 0.6) is 0 Å². The normalized spacial score (nSPS) is 11.2. The first-order valence-corrected chi connectivity index (χ1v) is 7.84. The number of para-hydroxylation sites is 1. The minimum atomic E-state index is 0.532. The van der Waals surface area contributed by atoms with Gasteiger partial charge in [0.05, 0.1) is 11.7 Å². The van der Waals surface area contributed by atoms with Gasteiger partial charge in [-0.3, -0.25) is 5.10 Å². The Morgan fingerprint density at radius 2 is 1.92 bits per heavy atom. The van der Waals surface area contributed by atoms with Gasteiger partial charge in [-0.1, -0.05) is 18.2 Å². The largest absolute Gasteiger partial charge is 0.323 e. The number of aromatic amines is 1. The van der Waals surface area contributed by atoms with Gasteiger partial charge in [-0.2, -0.15) is 14.6 Å². The number of hydrogen-bond donors (Lipinski definition) is 2. The van der Waals surface area contributed by atoms with Crippen molar-refractivity contribution < 1.29 is 0 Å². The lowest BCUT2D eigenvalue weighted by Gasteiger charge is -2.03. The molecule has 3 aromatic heterocycles. The van der Waals surface area contributed by atoms with E-state index in [-0.39, 0.29) is 0 Å². The fourth-order valence-electron chi connectivity index (χ4n) is 2.80. The maximum atomic E-state index is 4.56. The number of anilines is 2. The Hall–Kier alpha value is -3.74. The molecule has 120 valence electrons. The Bertz CT molecular complexity index is 1170. The zero-order valence-corrected chi connectivity index (χ0v) is 13.1. The van der Waals surface area contributed by atoms with E-state index in [4.69, 9.17) is 0 Å². The molecule has 7 nitrogen and oxygen atoms in total. The van der Waals surface area contributed by atoms with Crippen LogP contribution in [-0.2, 0) is 0 Å². The number of benzene rings is 2. The van der Waals surface area contributed by atoms with Gasteiger partial charge in [0.1, 0.15) is 0 Å².